The van der Waals surface area contributed by atoms with Gasteiger partial charge in [-0.05, 0) is 38.9 Å². The highest BCUT2D eigenvalue weighted by Gasteiger charge is 2.08. The van der Waals surface area contributed by atoms with Crippen LogP contribution in [0.5, 0.6) is 0 Å². The lowest BCUT2D eigenvalue weighted by Crippen LogP contribution is -2.40. The number of rotatable bonds is 7. The second-order valence-corrected chi connectivity index (χ2v) is 7.92. The Balaban J connectivity index is 0.00000441. The number of nitrogens with one attached hydrogen (secondary N) is 2. The fourth-order valence-corrected chi connectivity index (χ4v) is 2.92. The molecule has 0 amide bonds. The lowest BCUT2D eigenvalue weighted by atomic mass is 10.2. The van der Waals surface area contributed by atoms with Gasteiger partial charge >= 0.3 is 0 Å². The van der Waals surface area contributed by atoms with Crippen molar-refractivity contribution in [2.24, 2.45) is 4.99 Å². The molecular weight excluding hydrogens is 415 g/mol. The van der Waals surface area contributed by atoms with E-state index in [4.69, 9.17) is 0 Å². The molecule has 1 fully saturated rings. The Morgan fingerprint density at radius 3 is 2.23 bits per heavy atom. The van der Waals surface area contributed by atoms with Gasteiger partial charge in [-0.2, -0.15) is 0 Å². The molecule has 0 aliphatic carbocycles. The topological polar surface area (TPSA) is 73.8 Å². The van der Waals surface area contributed by atoms with Crippen molar-refractivity contribution in [2.75, 3.05) is 51.8 Å². The Hall–Kier alpha value is -0.0900. The smallest absolute Gasteiger partial charge is 0.191 e. The number of halogens is 1. The van der Waals surface area contributed by atoms with Crippen LogP contribution in [0.3, 0.4) is 0 Å². The maximum atomic E-state index is 11.1. The number of aliphatic imine (C=N–C) groups is 1. The molecule has 0 spiro atoms. The van der Waals surface area contributed by atoms with Crippen LogP contribution in [0.15, 0.2) is 4.99 Å². The van der Waals surface area contributed by atoms with E-state index in [1.54, 1.807) is 7.05 Å². The Kier molecular flexibility index (Phi) is 12.3. The van der Waals surface area contributed by atoms with Gasteiger partial charge in [0.1, 0.15) is 9.84 Å². The van der Waals surface area contributed by atoms with Crippen molar-refractivity contribution >= 4 is 39.8 Å². The van der Waals surface area contributed by atoms with Crippen molar-refractivity contribution in [3.05, 3.63) is 0 Å². The predicted octanol–water partition coefficient (Wildman–Crippen LogP) is 1.08. The quantitative estimate of drug-likeness (QED) is 0.265. The van der Waals surface area contributed by atoms with E-state index in [2.05, 4.69) is 20.5 Å². The minimum absolute atomic E-state index is 0. The van der Waals surface area contributed by atoms with Gasteiger partial charge in [-0.3, -0.25) is 4.99 Å². The van der Waals surface area contributed by atoms with Gasteiger partial charge < -0.3 is 15.5 Å². The predicted molar refractivity (Wildman–Crippen MR) is 104 cm³/mol. The van der Waals surface area contributed by atoms with Gasteiger partial charge in [0, 0.05) is 26.4 Å². The molecule has 0 unspecified atom stereocenters. The number of hydrogen-bond acceptors (Lipinski definition) is 4. The van der Waals surface area contributed by atoms with E-state index in [0.717, 1.165) is 19.5 Å². The van der Waals surface area contributed by atoms with E-state index in [0.29, 0.717) is 12.5 Å². The zero-order valence-electron chi connectivity index (χ0n) is 13.8. The molecule has 0 saturated carbocycles. The Bertz CT molecular complexity index is 407. The lowest BCUT2D eigenvalue weighted by molar-refractivity contribution is 0.282. The van der Waals surface area contributed by atoms with Crippen molar-refractivity contribution in [1.29, 1.82) is 0 Å². The first-order chi connectivity index (χ1) is 10.0. The van der Waals surface area contributed by atoms with Crippen LogP contribution in [0, 0.1) is 0 Å². The first kappa shape index (κ1) is 21.9. The van der Waals surface area contributed by atoms with E-state index < -0.39 is 9.84 Å². The molecule has 0 aromatic rings. The maximum Gasteiger partial charge on any atom is 0.191 e. The number of hydrogen-bond donors (Lipinski definition) is 2. The zero-order valence-corrected chi connectivity index (χ0v) is 17.0. The van der Waals surface area contributed by atoms with Crippen molar-refractivity contribution in [1.82, 2.24) is 15.5 Å². The molecule has 132 valence electrons. The highest BCUT2D eigenvalue weighted by molar-refractivity contribution is 14.0. The summed E-state index contributed by atoms with van der Waals surface area (Å²) in [5.41, 5.74) is 0. The third-order valence-electron chi connectivity index (χ3n) is 3.63. The minimum Gasteiger partial charge on any atom is -0.356 e. The fourth-order valence-electron chi connectivity index (χ4n) is 2.44. The third kappa shape index (κ3) is 11.5. The summed E-state index contributed by atoms with van der Waals surface area (Å²) >= 11 is 0. The summed E-state index contributed by atoms with van der Waals surface area (Å²) in [5, 5.41) is 6.25. The number of likely N-dealkylation sites (tertiary alicyclic amines) is 1. The Labute approximate surface area is 152 Å². The van der Waals surface area contributed by atoms with Crippen molar-refractivity contribution in [3.63, 3.8) is 0 Å². The molecule has 0 aromatic carbocycles. The van der Waals surface area contributed by atoms with Crippen LogP contribution in [0.2, 0.25) is 0 Å². The molecule has 1 aliphatic heterocycles. The largest absolute Gasteiger partial charge is 0.356 e. The van der Waals surface area contributed by atoms with Crippen LogP contribution >= 0.6 is 24.0 Å². The van der Waals surface area contributed by atoms with Gasteiger partial charge in [0.05, 0.1) is 5.75 Å². The molecular formula is C14H31IN4O2S. The summed E-state index contributed by atoms with van der Waals surface area (Å²) in [5.74, 6) is 0.802. The maximum absolute atomic E-state index is 11.1. The summed E-state index contributed by atoms with van der Waals surface area (Å²) in [7, 11) is -1.22. The normalized spacial score (nSPS) is 17.5. The number of sulfone groups is 1. The highest BCUT2D eigenvalue weighted by Crippen LogP contribution is 2.09. The lowest BCUT2D eigenvalue weighted by Gasteiger charge is -2.20. The summed E-state index contributed by atoms with van der Waals surface area (Å²) < 4.78 is 22.1. The van der Waals surface area contributed by atoms with Gasteiger partial charge in [-0.25, -0.2) is 8.42 Å². The van der Waals surface area contributed by atoms with E-state index in [9.17, 15) is 8.42 Å². The summed E-state index contributed by atoms with van der Waals surface area (Å²) in [6.07, 6.45) is 7.69. The Morgan fingerprint density at radius 2 is 1.68 bits per heavy atom. The van der Waals surface area contributed by atoms with Crippen LogP contribution in [0.1, 0.15) is 32.1 Å². The van der Waals surface area contributed by atoms with Crippen LogP contribution < -0.4 is 10.6 Å². The zero-order chi connectivity index (χ0) is 15.6. The average molecular weight is 446 g/mol. The van der Waals surface area contributed by atoms with Crippen LogP contribution in [-0.4, -0.2) is 71.1 Å². The van der Waals surface area contributed by atoms with E-state index in [1.807, 2.05) is 0 Å². The highest BCUT2D eigenvalue weighted by atomic mass is 127. The molecule has 0 atom stereocenters. The molecule has 22 heavy (non-hydrogen) atoms. The van der Waals surface area contributed by atoms with Crippen molar-refractivity contribution in [3.8, 4) is 0 Å². The van der Waals surface area contributed by atoms with E-state index >= 15 is 0 Å². The van der Waals surface area contributed by atoms with Gasteiger partial charge in [0.2, 0.25) is 0 Å². The fraction of sp³-hybridized carbons (Fsp3) is 0.929. The molecule has 1 aliphatic rings. The summed E-state index contributed by atoms with van der Waals surface area (Å²) in [6.45, 7) is 4.82. The molecule has 0 aromatic heterocycles. The molecule has 8 heteroatoms. The molecule has 0 bridgehead atoms. The Morgan fingerprint density at radius 1 is 1.09 bits per heavy atom. The van der Waals surface area contributed by atoms with E-state index in [-0.39, 0.29) is 29.7 Å². The second kappa shape index (κ2) is 12.3. The van der Waals surface area contributed by atoms with Gasteiger partial charge in [-0.1, -0.05) is 12.8 Å². The van der Waals surface area contributed by atoms with Crippen LogP contribution in [-0.2, 0) is 9.84 Å². The summed E-state index contributed by atoms with van der Waals surface area (Å²) in [6, 6.07) is 0. The monoisotopic (exact) mass is 446 g/mol. The van der Waals surface area contributed by atoms with Gasteiger partial charge in [0.15, 0.2) is 5.96 Å². The van der Waals surface area contributed by atoms with Crippen molar-refractivity contribution < 1.29 is 8.42 Å². The number of guanidine groups is 1. The molecule has 0 radical (unpaired) electrons. The molecule has 1 rings (SSSR count). The summed E-state index contributed by atoms with van der Waals surface area (Å²) in [4.78, 5) is 6.63. The minimum atomic E-state index is -2.92. The number of nitrogens with zero attached hydrogens (tertiary/aromatic N) is 2. The van der Waals surface area contributed by atoms with E-state index in [1.165, 1.54) is 45.0 Å². The third-order valence-corrected chi connectivity index (χ3v) is 4.58. The van der Waals surface area contributed by atoms with Gasteiger partial charge in [-0.15, -0.1) is 24.0 Å². The van der Waals surface area contributed by atoms with Crippen molar-refractivity contribution in [2.45, 2.75) is 32.1 Å². The first-order valence-electron chi connectivity index (χ1n) is 7.86. The SMILES string of the molecule is CN=C(NCCCN1CCCCCC1)NCCS(C)(=O)=O.I. The molecule has 1 saturated heterocycles. The standard InChI is InChI=1S/C14H30N4O2S.HI/c1-15-14(17-9-13-21(2,19)20)16-8-7-12-18-10-5-3-4-6-11-18;/h3-13H2,1-2H3,(H2,15,16,17);1H. The average Bonchev–Trinajstić information content (AvgIpc) is 2.69. The first-order valence-corrected chi connectivity index (χ1v) is 9.92. The molecule has 2 N–H and O–H groups in total. The van der Waals surface area contributed by atoms with Crippen LogP contribution in [0.4, 0.5) is 0 Å². The van der Waals surface area contributed by atoms with Crippen LogP contribution in [0.25, 0.3) is 0 Å². The second-order valence-electron chi connectivity index (χ2n) is 5.67. The van der Waals surface area contributed by atoms with Gasteiger partial charge in [0.25, 0.3) is 0 Å². The molecule has 6 nitrogen and oxygen atoms in total. The molecule has 1 heterocycles.